The van der Waals surface area contributed by atoms with Crippen LogP contribution in [0.3, 0.4) is 0 Å². The van der Waals surface area contributed by atoms with E-state index in [1.165, 1.54) is 18.3 Å². The Morgan fingerprint density at radius 3 is 2.53 bits per heavy atom. The molecule has 0 radical (unpaired) electrons. The summed E-state index contributed by atoms with van der Waals surface area (Å²) < 4.78 is 52.7. The van der Waals surface area contributed by atoms with Crippen molar-refractivity contribution >= 4 is 23.8 Å². The van der Waals surface area contributed by atoms with Crippen molar-refractivity contribution in [3.63, 3.8) is 0 Å². The van der Waals surface area contributed by atoms with Gasteiger partial charge in [0.2, 0.25) is 5.91 Å². The zero-order valence-electron chi connectivity index (χ0n) is 21.8. The van der Waals surface area contributed by atoms with E-state index in [1.807, 2.05) is 5.32 Å². The Kier molecular flexibility index (Phi) is 7.89. The second-order valence-corrected chi connectivity index (χ2v) is 10.4. The maximum Gasteiger partial charge on any atom is 0.410 e. The molecule has 1 saturated carbocycles. The van der Waals surface area contributed by atoms with Gasteiger partial charge in [0.25, 0.3) is 0 Å². The number of urea groups is 1. The Labute approximate surface area is 209 Å². The molecule has 3 rings (SSSR count). The van der Waals surface area contributed by atoms with Gasteiger partial charge in [-0.25, -0.2) is 14.6 Å². The molecule has 1 aliphatic carbocycles. The number of anilines is 1. The number of rotatable bonds is 6. The third kappa shape index (κ3) is 7.72. The molecule has 4 amide bonds. The average molecular weight is 515 g/mol. The molecule has 0 bridgehead atoms. The van der Waals surface area contributed by atoms with Crippen LogP contribution in [0.25, 0.3) is 0 Å². The Bertz CT molecular complexity index is 995. The van der Waals surface area contributed by atoms with Crippen LogP contribution in [-0.2, 0) is 16.1 Å². The Morgan fingerprint density at radius 2 is 1.94 bits per heavy atom. The molecule has 2 heterocycles. The van der Waals surface area contributed by atoms with Crippen molar-refractivity contribution in [2.24, 2.45) is 11.8 Å². The second kappa shape index (κ2) is 10.9. The van der Waals surface area contributed by atoms with Crippen molar-refractivity contribution in [2.45, 2.75) is 83.8 Å². The number of nitrogens with one attached hydrogen (secondary N) is 3. The summed E-state index contributed by atoms with van der Waals surface area (Å²) in [6.45, 7) is 5.14. The van der Waals surface area contributed by atoms with Gasteiger partial charge in [0.05, 0.1) is 7.92 Å². The van der Waals surface area contributed by atoms with E-state index in [1.54, 1.807) is 20.8 Å². The largest absolute Gasteiger partial charge is 0.444 e. The lowest BCUT2D eigenvalue weighted by Gasteiger charge is -2.32. The number of ether oxygens (including phenoxy) is 1. The van der Waals surface area contributed by atoms with Crippen molar-refractivity contribution in [1.29, 1.82) is 0 Å². The van der Waals surface area contributed by atoms with E-state index in [2.05, 4.69) is 22.5 Å². The molecule has 36 heavy (non-hydrogen) atoms. The topological polar surface area (TPSA) is 113 Å². The van der Waals surface area contributed by atoms with E-state index in [4.69, 9.17) is 6.11 Å². The highest BCUT2D eigenvalue weighted by molar-refractivity contribution is 5.96. The number of amides is 4. The number of nitrogens with zero attached hydrogens (tertiary/aromatic N) is 2. The minimum Gasteiger partial charge on any atom is -0.444 e. The molecule has 12 heteroatoms. The lowest BCUT2D eigenvalue weighted by Crippen LogP contribution is -2.50. The van der Waals surface area contributed by atoms with Crippen LogP contribution in [-0.4, -0.2) is 58.3 Å². The summed E-state index contributed by atoms with van der Waals surface area (Å²) >= 11 is 0. The summed E-state index contributed by atoms with van der Waals surface area (Å²) in [5, 5.41) is 7.16. The van der Waals surface area contributed by atoms with Gasteiger partial charge in [-0.15, -0.1) is 0 Å². The molecule has 2 aliphatic rings. The quantitative estimate of drug-likeness (QED) is 0.527. The fourth-order valence-corrected chi connectivity index (χ4v) is 4.28. The molecule has 3 N–H and O–H groups in total. The standard InChI is InChI=1S/C24H34F3N5O4/c1-14-5-7-16(8-6-14)19(31-22(35)36-23(2,3)4)20(33)30-18-11-15(9-10-28-18)12-32-13-17(24(25,26)27)29-21(32)34/h9-11,14,16-17,19H,5-8,12-13H2,1-4H3,(H,29,34)(H,31,35)(H,28,30,33)/t14?,16?,17-,19-/m0/s1/i12D/t12?,14?,16?,17-,19-. The van der Waals surface area contributed by atoms with Gasteiger partial charge in [0, 0.05) is 12.7 Å². The molecule has 1 aliphatic heterocycles. The molecule has 0 spiro atoms. The van der Waals surface area contributed by atoms with Crippen LogP contribution < -0.4 is 16.0 Å². The molecule has 1 unspecified atom stereocenters. The number of hydrogen-bond acceptors (Lipinski definition) is 5. The first-order chi connectivity index (χ1) is 17.1. The summed E-state index contributed by atoms with van der Waals surface area (Å²) in [7, 11) is 0. The van der Waals surface area contributed by atoms with Crippen LogP contribution in [0, 0.1) is 11.8 Å². The van der Waals surface area contributed by atoms with Crippen molar-refractivity contribution in [2.75, 3.05) is 11.9 Å². The van der Waals surface area contributed by atoms with Crippen molar-refractivity contribution in [1.82, 2.24) is 20.5 Å². The van der Waals surface area contributed by atoms with Gasteiger partial charge in [0.1, 0.15) is 23.5 Å². The molecule has 1 aromatic rings. The third-order valence-electron chi connectivity index (χ3n) is 6.16. The van der Waals surface area contributed by atoms with Gasteiger partial charge >= 0.3 is 18.3 Å². The summed E-state index contributed by atoms with van der Waals surface area (Å²) in [5.74, 6) is -0.0727. The van der Waals surface area contributed by atoms with Crippen LogP contribution in [0.15, 0.2) is 18.3 Å². The molecule has 1 aromatic heterocycles. The predicted molar refractivity (Wildman–Crippen MR) is 126 cm³/mol. The van der Waals surface area contributed by atoms with Gasteiger partial charge in [-0.05, 0) is 63.1 Å². The number of alkyl carbamates (subject to hydrolysis) is 1. The first kappa shape index (κ1) is 26.0. The molecule has 0 aromatic carbocycles. The van der Waals surface area contributed by atoms with E-state index < -0.39 is 55.0 Å². The minimum absolute atomic E-state index is 0.0480. The highest BCUT2D eigenvalue weighted by Gasteiger charge is 2.46. The summed E-state index contributed by atoms with van der Waals surface area (Å²) in [6.07, 6.45) is -0.762. The smallest absolute Gasteiger partial charge is 0.410 e. The maximum absolute atomic E-state index is 13.3. The molecular formula is C24H34F3N5O4. The van der Waals surface area contributed by atoms with Crippen molar-refractivity contribution in [3.05, 3.63) is 23.9 Å². The van der Waals surface area contributed by atoms with Crippen molar-refractivity contribution < 1.29 is 33.7 Å². The lowest BCUT2D eigenvalue weighted by molar-refractivity contribution is -0.149. The Hall–Kier alpha value is -3.05. The highest BCUT2D eigenvalue weighted by atomic mass is 19.4. The van der Waals surface area contributed by atoms with Crippen LogP contribution in [0.2, 0.25) is 0 Å². The zero-order valence-corrected chi connectivity index (χ0v) is 20.8. The number of halogens is 3. The maximum atomic E-state index is 13.3. The predicted octanol–water partition coefficient (Wildman–Crippen LogP) is 4.20. The van der Waals surface area contributed by atoms with Gasteiger partial charge < -0.3 is 25.6 Å². The summed E-state index contributed by atoms with van der Waals surface area (Å²) in [4.78, 5) is 42.6. The monoisotopic (exact) mass is 514 g/mol. The molecule has 200 valence electrons. The van der Waals surface area contributed by atoms with Crippen LogP contribution >= 0.6 is 0 Å². The van der Waals surface area contributed by atoms with E-state index in [0.717, 1.165) is 30.6 Å². The van der Waals surface area contributed by atoms with E-state index >= 15 is 0 Å². The lowest BCUT2D eigenvalue weighted by atomic mass is 9.79. The Morgan fingerprint density at radius 1 is 1.28 bits per heavy atom. The normalized spacial score (nSPS) is 24.9. The SMILES string of the molecule is [2H]C(c1ccnc(NC(=O)[C@@H](NC(=O)OC(C)(C)C)C2CCC(C)CC2)c1)N1C[C@@H](C(F)(F)F)NC1=O. The third-order valence-corrected chi connectivity index (χ3v) is 6.16. The number of carbonyl (C=O) groups is 3. The number of alkyl halides is 3. The van der Waals surface area contributed by atoms with Gasteiger partial charge in [-0.2, -0.15) is 13.2 Å². The number of carbonyl (C=O) groups excluding carboxylic acids is 3. The fourth-order valence-electron chi connectivity index (χ4n) is 4.28. The number of pyridine rings is 1. The van der Waals surface area contributed by atoms with E-state index in [-0.39, 0.29) is 17.3 Å². The number of aromatic nitrogens is 1. The van der Waals surface area contributed by atoms with Gasteiger partial charge in [-0.1, -0.05) is 19.8 Å². The summed E-state index contributed by atoms with van der Waals surface area (Å²) in [6, 6.07) is -1.24. The van der Waals surface area contributed by atoms with E-state index in [9.17, 15) is 27.6 Å². The summed E-state index contributed by atoms with van der Waals surface area (Å²) in [5.41, 5.74) is -0.579. The minimum atomic E-state index is -4.63. The fraction of sp³-hybridized carbons (Fsp3) is 0.667. The van der Waals surface area contributed by atoms with Crippen molar-refractivity contribution in [3.8, 4) is 0 Å². The molecule has 1 saturated heterocycles. The highest BCUT2D eigenvalue weighted by Crippen LogP contribution is 2.31. The average Bonchev–Trinajstić information content (AvgIpc) is 3.19. The first-order valence-electron chi connectivity index (χ1n) is 12.5. The molecule has 9 nitrogen and oxygen atoms in total. The molecule has 3 atom stereocenters. The van der Waals surface area contributed by atoms with Gasteiger partial charge in [0.15, 0.2) is 0 Å². The van der Waals surface area contributed by atoms with Crippen LogP contribution in [0.5, 0.6) is 0 Å². The second-order valence-electron chi connectivity index (χ2n) is 10.4. The molecular weight excluding hydrogens is 479 g/mol. The van der Waals surface area contributed by atoms with Gasteiger partial charge in [-0.3, -0.25) is 4.79 Å². The first-order valence-corrected chi connectivity index (χ1v) is 12.0. The molecule has 2 fully saturated rings. The van der Waals surface area contributed by atoms with Crippen LogP contribution in [0.4, 0.5) is 28.6 Å². The van der Waals surface area contributed by atoms with E-state index in [0.29, 0.717) is 5.92 Å². The zero-order chi connectivity index (χ0) is 27.5. The number of hydrogen-bond donors (Lipinski definition) is 3. The van der Waals surface area contributed by atoms with Crippen LogP contribution in [0.1, 0.15) is 60.3 Å². The Balaban J connectivity index is 1.73.